The number of nitrogens with two attached hydrogens (primary N) is 1. The molecule has 1 aliphatic rings. The Morgan fingerprint density at radius 1 is 1.50 bits per heavy atom. The van der Waals surface area contributed by atoms with Crippen LogP contribution in [0.5, 0.6) is 5.75 Å². The van der Waals surface area contributed by atoms with Gasteiger partial charge in [0.1, 0.15) is 12.4 Å². The molecule has 3 heteroatoms. The molecule has 0 spiro atoms. The van der Waals surface area contributed by atoms with Gasteiger partial charge in [0.25, 0.3) is 0 Å². The average Bonchev–Trinajstić information content (AvgIpc) is 2.57. The van der Waals surface area contributed by atoms with Gasteiger partial charge in [-0.1, -0.05) is 6.07 Å². The fourth-order valence-electron chi connectivity index (χ4n) is 1.87. The van der Waals surface area contributed by atoms with Gasteiger partial charge in [0.15, 0.2) is 0 Å². The van der Waals surface area contributed by atoms with Crippen molar-refractivity contribution in [2.24, 2.45) is 5.73 Å². The highest BCUT2D eigenvalue weighted by Crippen LogP contribution is 2.31. The Bertz CT molecular complexity index is 325. The topological polar surface area (TPSA) is 55.5 Å². The van der Waals surface area contributed by atoms with Gasteiger partial charge in [-0.2, -0.15) is 0 Å². The van der Waals surface area contributed by atoms with Crippen molar-refractivity contribution in [2.45, 2.75) is 18.9 Å². The van der Waals surface area contributed by atoms with E-state index in [1.54, 1.807) is 0 Å². The second kappa shape index (κ2) is 3.98. The van der Waals surface area contributed by atoms with Gasteiger partial charge in [-0.05, 0) is 36.1 Å². The average molecular weight is 193 g/mol. The Morgan fingerprint density at radius 2 is 2.36 bits per heavy atom. The minimum absolute atomic E-state index is 0.0448. The first-order valence-electron chi connectivity index (χ1n) is 4.93. The standard InChI is InChI=1S/C11H15NO2/c12-11-4-2-8-1-3-9(7-10(8)11)14-6-5-13/h1,3,7,11,13H,2,4-6,12H2. The molecule has 14 heavy (non-hydrogen) atoms. The normalized spacial score (nSPS) is 19.4. The van der Waals surface area contributed by atoms with E-state index in [0.717, 1.165) is 18.6 Å². The van der Waals surface area contributed by atoms with Crippen LogP contribution < -0.4 is 10.5 Å². The lowest BCUT2D eigenvalue weighted by Gasteiger charge is -2.08. The minimum Gasteiger partial charge on any atom is -0.491 e. The predicted molar refractivity (Wildman–Crippen MR) is 54.3 cm³/mol. The molecule has 0 saturated carbocycles. The number of aliphatic hydroxyl groups excluding tert-OH is 1. The van der Waals surface area contributed by atoms with Crippen molar-refractivity contribution in [1.82, 2.24) is 0 Å². The second-order valence-electron chi connectivity index (χ2n) is 3.58. The fraction of sp³-hybridized carbons (Fsp3) is 0.455. The molecule has 0 heterocycles. The molecule has 0 bridgehead atoms. The van der Waals surface area contributed by atoms with E-state index >= 15 is 0 Å². The van der Waals surface area contributed by atoms with Gasteiger partial charge in [0, 0.05) is 6.04 Å². The molecule has 0 radical (unpaired) electrons. The van der Waals surface area contributed by atoms with Crippen molar-refractivity contribution in [3.63, 3.8) is 0 Å². The van der Waals surface area contributed by atoms with E-state index in [0.29, 0.717) is 6.61 Å². The lowest BCUT2D eigenvalue weighted by Crippen LogP contribution is -2.06. The number of aryl methyl sites for hydroxylation is 1. The summed E-state index contributed by atoms with van der Waals surface area (Å²) in [5.41, 5.74) is 8.46. The summed E-state index contributed by atoms with van der Waals surface area (Å²) in [5, 5.41) is 8.62. The molecule has 3 N–H and O–H groups in total. The summed E-state index contributed by atoms with van der Waals surface area (Å²) in [6, 6.07) is 6.15. The Kier molecular flexibility index (Phi) is 2.70. The van der Waals surface area contributed by atoms with Gasteiger partial charge >= 0.3 is 0 Å². The lowest BCUT2D eigenvalue weighted by atomic mass is 10.1. The van der Waals surface area contributed by atoms with Gasteiger partial charge in [-0.15, -0.1) is 0 Å². The minimum atomic E-state index is 0.0448. The summed E-state index contributed by atoms with van der Waals surface area (Å²) < 4.78 is 5.32. The van der Waals surface area contributed by atoms with Crippen LogP contribution in [0, 0.1) is 0 Å². The molecule has 1 unspecified atom stereocenters. The zero-order valence-corrected chi connectivity index (χ0v) is 8.07. The molecule has 0 aromatic heterocycles. The van der Waals surface area contributed by atoms with E-state index in [1.165, 1.54) is 11.1 Å². The molecule has 1 aromatic rings. The van der Waals surface area contributed by atoms with Crippen molar-refractivity contribution >= 4 is 0 Å². The number of rotatable bonds is 3. The van der Waals surface area contributed by atoms with Crippen LogP contribution in [0.1, 0.15) is 23.6 Å². The number of aliphatic hydroxyl groups is 1. The Hall–Kier alpha value is -1.06. The van der Waals surface area contributed by atoms with E-state index in [9.17, 15) is 0 Å². The van der Waals surface area contributed by atoms with Crippen molar-refractivity contribution in [1.29, 1.82) is 0 Å². The SMILES string of the molecule is NC1CCc2ccc(OCCO)cc21. The highest BCUT2D eigenvalue weighted by molar-refractivity contribution is 5.40. The summed E-state index contributed by atoms with van der Waals surface area (Å²) in [7, 11) is 0. The molecule has 3 nitrogen and oxygen atoms in total. The lowest BCUT2D eigenvalue weighted by molar-refractivity contribution is 0.201. The summed E-state index contributed by atoms with van der Waals surface area (Å²) in [6.45, 7) is 0.386. The number of benzene rings is 1. The smallest absolute Gasteiger partial charge is 0.119 e. The van der Waals surface area contributed by atoms with Gasteiger partial charge in [0.2, 0.25) is 0 Å². The third kappa shape index (κ3) is 1.74. The van der Waals surface area contributed by atoms with E-state index in [2.05, 4.69) is 6.07 Å². The van der Waals surface area contributed by atoms with Crippen LogP contribution >= 0.6 is 0 Å². The van der Waals surface area contributed by atoms with Crippen LogP contribution in [0.15, 0.2) is 18.2 Å². The molecule has 0 fully saturated rings. The molecule has 2 rings (SSSR count). The third-order valence-electron chi connectivity index (χ3n) is 2.60. The molecule has 1 aliphatic carbocycles. The summed E-state index contributed by atoms with van der Waals surface area (Å²) in [6.07, 6.45) is 2.09. The van der Waals surface area contributed by atoms with Crippen molar-refractivity contribution in [3.8, 4) is 5.75 Å². The largest absolute Gasteiger partial charge is 0.491 e. The number of fused-ring (bicyclic) bond motifs is 1. The maximum Gasteiger partial charge on any atom is 0.119 e. The molecule has 76 valence electrons. The number of hydrogen-bond acceptors (Lipinski definition) is 3. The Labute approximate surface area is 83.5 Å². The Balaban J connectivity index is 2.17. The second-order valence-corrected chi connectivity index (χ2v) is 3.58. The van der Waals surface area contributed by atoms with Gasteiger partial charge in [-0.25, -0.2) is 0 Å². The van der Waals surface area contributed by atoms with E-state index in [1.807, 2.05) is 12.1 Å². The zero-order valence-electron chi connectivity index (χ0n) is 8.07. The highest BCUT2D eigenvalue weighted by atomic mass is 16.5. The first-order valence-corrected chi connectivity index (χ1v) is 4.93. The molecule has 1 aromatic carbocycles. The Morgan fingerprint density at radius 3 is 3.14 bits per heavy atom. The quantitative estimate of drug-likeness (QED) is 0.753. The van der Waals surface area contributed by atoms with Gasteiger partial charge < -0.3 is 15.6 Å². The predicted octanol–water partition coefficient (Wildman–Crippen LogP) is 1.00. The summed E-state index contributed by atoms with van der Waals surface area (Å²) in [5.74, 6) is 0.801. The van der Waals surface area contributed by atoms with Crippen LogP contribution in [0.3, 0.4) is 0 Å². The zero-order chi connectivity index (χ0) is 9.97. The molecule has 1 atom stereocenters. The van der Waals surface area contributed by atoms with Crippen LogP contribution in [0.25, 0.3) is 0 Å². The van der Waals surface area contributed by atoms with E-state index in [-0.39, 0.29) is 12.6 Å². The van der Waals surface area contributed by atoms with E-state index in [4.69, 9.17) is 15.6 Å². The molecular formula is C11H15NO2. The van der Waals surface area contributed by atoms with Crippen molar-refractivity contribution < 1.29 is 9.84 Å². The maximum atomic E-state index is 8.62. The van der Waals surface area contributed by atoms with E-state index < -0.39 is 0 Å². The molecule has 0 saturated heterocycles. The molecule has 0 aliphatic heterocycles. The first kappa shape index (κ1) is 9.49. The first-order chi connectivity index (χ1) is 6.81. The number of ether oxygens (including phenoxy) is 1. The fourth-order valence-corrected chi connectivity index (χ4v) is 1.87. The highest BCUT2D eigenvalue weighted by Gasteiger charge is 2.18. The third-order valence-corrected chi connectivity index (χ3v) is 2.60. The summed E-state index contributed by atoms with van der Waals surface area (Å²) in [4.78, 5) is 0. The van der Waals surface area contributed by atoms with Crippen LogP contribution in [0.4, 0.5) is 0 Å². The van der Waals surface area contributed by atoms with Crippen LogP contribution in [-0.2, 0) is 6.42 Å². The molecular weight excluding hydrogens is 178 g/mol. The van der Waals surface area contributed by atoms with Crippen molar-refractivity contribution in [2.75, 3.05) is 13.2 Å². The molecule has 0 amide bonds. The maximum absolute atomic E-state index is 8.62. The van der Waals surface area contributed by atoms with Crippen LogP contribution in [-0.4, -0.2) is 18.3 Å². The number of hydrogen-bond donors (Lipinski definition) is 2. The van der Waals surface area contributed by atoms with Gasteiger partial charge in [-0.3, -0.25) is 0 Å². The monoisotopic (exact) mass is 193 g/mol. The summed E-state index contributed by atoms with van der Waals surface area (Å²) >= 11 is 0. The van der Waals surface area contributed by atoms with Crippen molar-refractivity contribution in [3.05, 3.63) is 29.3 Å². The van der Waals surface area contributed by atoms with Gasteiger partial charge in [0.05, 0.1) is 6.61 Å². The van der Waals surface area contributed by atoms with Crippen LogP contribution in [0.2, 0.25) is 0 Å².